The molecule has 1 aromatic carbocycles. The molecule has 2 rings (SSSR count). The molecule has 0 saturated heterocycles. The molecule has 0 fully saturated rings. The van der Waals surface area contributed by atoms with E-state index >= 15 is 0 Å². The Balaban J connectivity index is 2.32. The summed E-state index contributed by atoms with van der Waals surface area (Å²) in [6.45, 7) is 0.147. The van der Waals surface area contributed by atoms with Crippen molar-refractivity contribution in [1.82, 2.24) is 0 Å². The van der Waals surface area contributed by atoms with Crippen molar-refractivity contribution in [2.45, 2.75) is 12.6 Å². The molecule has 1 aromatic rings. The largest absolute Gasteiger partial charge is 0.489 e. The van der Waals surface area contributed by atoms with Gasteiger partial charge in [0.25, 0.3) is 0 Å². The van der Waals surface area contributed by atoms with Crippen LogP contribution in [0.4, 0.5) is 18.9 Å². The molecule has 0 bridgehead atoms. The topological polar surface area (TPSA) is 29.5 Å². The highest BCUT2D eigenvalue weighted by Crippen LogP contribution is 2.39. The number of nitrogens with zero attached hydrogens (tertiary/aromatic N) is 1. The number of hydrogen-bond donors (Lipinski definition) is 0. The molecular formula is C11H8Cl2F3NO2. The lowest BCUT2D eigenvalue weighted by molar-refractivity contribution is -0.152. The summed E-state index contributed by atoms with van der Waals surface area (Å²) in [7, 11) is 0. The zero-order chi connectivity index (χ0) is 14.2. The summed E-state index contributed by atoms with van der Waals surface area (Å²) >= 11 is 11.6. The summed E-state index contributed by atoms with van der Waals surface area (Å²) in [4.78, 5) is 12.7. The van der Waals surface area contributed by atoms with Gasteiger partial charge in [-0.2, -0.15) is 13.2 Å². The van der Waals surface area contributed by atoms with E-state index in [-0.39, 0.29) is 34.6 Å². The second kappa shape index (κ2) is 5.09. The first-order valence-corrected chi connectivity index (χ1v) is 6.02. The van der Waals surface area contributed by atoms with Crippen LogP contribution in [0.15, 0.2) is 12.1 Å². The van der Waals surface area contributed by atoms with Crippen LogP contribution in [-0.4, -0.2) is 25.2 Å². The van der Waals surface area contributed by atoms with Crippen LogP contribution in [0.2, 0.25) is 10.0 Å². The zero-order valence-electron chi connectivity index (χ0n) is 9.43. The molecule has 1 amide bonds. The quantitative estimate of drug-likeness (QED) is 0.791. The number of halogens is 5. The van der Waals surface area contributed by atoms with Gasteiger partial charge in [-0.25, -0.2) is 0 Å². The Bertz CT molecular complexity index is 519. The molecule has 1 aliphatic heterocycles. The van der Waals surface area contributed by atoms with E-state index in [1.165, 1.54) is 12.1 Å². The van der Waals surface area contributed by atoms with Gasteiger partial charge >= 0.3 is 6.18 Å². The van der Waals surface area contributed by atoms with E-state index in [2.05, 4.69) is 0 Å². The second-order valence-electron chi connectivity index (χ2n) is 3.92. The molecule has 1 aliphatic rings. The van der Waals surface area contributed by atoms with Gasteiger partial charge in [0.2, 0.25) is 5.91 Å². The van der Waals surface area contributed by atoms with Crippen LogP contribution in [0.25, 0.3) is 0 Å². The van der Waals surface area contributed by atoms with Gasteiger partial charge in [-0.1, -0.05) is 23.2 Å². The zero-order valence-corrected chi connectivity index (χ0v) is 10.9. The summed E-state index contributed by atoms with van der Waals surface area (Å²) in [6.07, 6.45) is -6.07. The van der Waals surface area contributed by atoms with Crippen LogP contribution in [0, 0.1) is 0 Å². The van der Waals surface area contributed by atoms with Crippen molar-refractivity contribution >= 4 is 34.8 Å². The smallest absolute Gasteiger partial charge is 0.397 e. The minimum atomic E-state index is -4.55. The predicted octanol–water partition coefficient (Wildman–Crippen LogP) is 3.67. The maximum Gasteiger partial charge on any atom is 0.397 e. The molecule has 0 aromatic heterocycles. The van der Waals surface area contributed by atoms with E-state index in [4.69, 9.17) is 27.9 Å². The first-order chi connectivity index (χ1) is 8.78. The molecule has 0 unspecified atom stereocenters. The van der Waals surface area contributed by atoms with Gasteiger partial charge in [-0.05, 0) is 6.07 Å². The number of benzene rings is 1. The Morgan fingerprint density at radius 3 is 2.58 bits per heavy atom. The van der Waals surface area contributed by atoms with Crippen molar-refractivity contribution in [3.05, 3.63) is 22.2 Å². The Morgan fingerprint density at radius 1 is 1.32 bits per heavy atom. The molecule has 0 spiro atoms. The highest BCUT2D eigenvalue weighted by molar-refractivity contribution is 6.42. The highest BCUT2D eigenvalue weighted by atomic mass is 35.5. The van der Waals surface area contributed by atoms with E-state index in [0.717, 1.165) is 4.90 Å². The number of anilines is 1. The predicted molar refractivity (Wildman–Crippen MR) is 65.0 cm³/mol. The molecule has 8 heteroatoms. The Kier molecular flexibility index (Phi) is 3.82. The van der Waals surface area contributed by atoms with Crippen molar-refractivity contribution < 1.29 is 22.7 Å². The molecule has 0 aliphatic carbocycles. The van der Waals surface area contributed by atoms with Crippen molar-refractivity contribution in [2.24, 2.45) is 0 Å². The van der Waals surface area contributed by atoms with Gasteiger partial charge in [0.1, 0.15) is 18.8 Å². The van der Waals surface area contributed by atoms with Gasteiger partial charge in [-0.15, -0.1) is 0 Å². The van der Waals surface area contributed by atoms with Gasteiger partial charge in [0.05, 0.1) is 22.3 Å². The molecule has 0 radical (unpaired) electrons. The fourth-order valence-corrected chi connectivity index (χ4v) is 2.05. The third-order valence-electron chi connectivity index (χ3n) is 2.52. The summed E-state index contributed by atoms with van der Waals surface area (Å²) in [6, 6.07) is 2.71. The molecule has 0 atom stereocenters. The third kappa shape index (κ3) is 3.25. The van der Waals surface area contributed by atoms with Crippen LogP contribution in [0.5, 0.6) is 5.75 Å². The standard InChI is InChI=1S/C11H8Cl2F3NO2/c12-6-3-8-9(4-7(6)13)19-2-1-17(8)10(18)5-11(14,15)16/h3-4H,1-2,5H2. The van der Waals surface area contributed by atoms with Gasteiger partial charge < -0.3 is 9.64 Å². The molecule has 104 valence electrons. The fourth-order valence-electron chi connectivity index (χ4n) is 1.74. The average molecular weight is 314 g/mol. The lowest BCUT2D eigenvalue weighted by Crippen LogP contribution is -2.39. The van der Waals surface area contributed by atoms with Crippen LogP contribution in [0.1, 0.15) is 6.42 Å². The van der Waals surface area contributed by atoms with Crippen LogP contribution in [-0.2, 0) is 4.79 Å². The van der Waals surface area contributed by atoms with Crippen LogP contribution >= 0.6 is 23.2 Å². The number of alkyl halides is 3. The molecular weight excluding hydrogens is 306 g/mol. The number of carbonyl (C=O) groups is 1. The third-order valence-corrected chi connectivity index (χ3v) is 3.24. The number of ether oxygens (including phenoxy) is 1. The molecule has 3 nitrogen and oxygen atoms in total. The molecule has 19 heavy (non-hydrogen) atoms. The van der Waals surface area contributed by atoms with Crippen molar-refractivity contribution in [3.63, 3.8) is 0 Å². The summed E-state index contributed by atoms with van der Waals surface area (Å²) in [5, 5.41) is 0.362. The van der Waals surface area contributed by atoms with Crippen molar-refractivity contribution in [1.29, 1.82) is 0 Å². The van der Waals surface area contributed by atoms with E-state index in [0.29, 0.717) is 0 Å². The molecule has 0 saturated carbocycles. The maximum atomic E-state index is 12.3. The van der Waals surface area contributed by atoms with Crippen LogP contribution in [0.3, 0.4) is 0 Å². The lowest BCUT2D eigenvalue weighted by atomic mass is 10.2. The van der Waals surface area contributed by atoms with Crippen molar-refractivity contribution in [3.8, 4) is 5.75 Å². The summed E-state index contributed by atoms with van der Waals surface area (Å²) in [5.41, 5.74) is 0.204. The van der Waals surface area contributed by atoms with Crippen molar-refractivity contribution in [2.75, 3.05) is 18.1 Å². The lowest BCUT2D eigenvalue weighted by Gasteiger charge is -2.30. The number of fused-ring (bicyclic) bond motifs is 1. The maximum absolute atomic E-state index is 12.3. The fraction of sp³-hybridized carbons (Fsp3) is 0.364. The van der Waals surface area contributed by atoms with Gasteiger partial charge in [0, 0.05) is 6.07 Å². The first-order valence-electron chi connectivity index (χ1n) is 5.27. The van der Waals surface area contributed by atoms with E-state index < -0.39 is 18.5 Å². The number of hydrogen-bond acceptors (Lipinski definition) is 2. The number of amides is 1. The van der Waals surface area contributed by atoms with E-state index in [1.807, 2.05) is 0 Å². The molecule has 0 N–H and O–H groups in total. The summed E-state index contributed by atoms with van der Waals surface area (Å²) < 4.78 is 42.0. The Hall–Kier alpha value is -1.14. The number of rotatable bonds is 1. The Morgan fingerprint density at radius 2 is 1.95 bits per heavy atom. The van der Waals surface area contributed by atoms with E-state index in [1.54, 1.807) is 0 Å². The van der Waals surface area contributed by atoms with Gasteiger partial charge in [0.15, 0.2) is 0 Å². The summed E-state index contributed by atoms with van der Waals surface area (Å²) in [5.74, 6) is -0.799. The normalized spacial score (nSPS) is 14.9. The second-order valence-corrected chi connectivity index (χ2v) is 4.73. The molecule has 1 heterocycles. The highest BCUT2D eigenvalue weighted by Gasteiger charge is 2.35. The number of carbonyl (C=O) groups excluding carboxylic acids is 1. The Labute approximate surface area is 116 Å². The SMILES string of the molecule is O=C(CC(F)(F)F)N1CCOc2cc(Cl)c(Cl)cc21. The minimum absolute atomic E-state index is 0.0415. The van der Waals surface area contributed by atoms with Crippen LogP contribution < -0.4 is 9.64 Å². The first kappa shape index (κ1) is 14.3. The van der Waals surface area contributed by atoms with E-state index in [9.17, 15) is 18.0 Å². The minimum Gasteiger partial charge on any atom is -0.489 e. The monoisotopic (exact) mass is 313 g/mol. The average Bonchev–Trinajstić information content (AvgIpc) is 2.27. The van der Waals surface area contributed by atoms with Gasteiger partial charge in [-0.3, -0.25) is 4.79 Å².